The molecule has 4 heteroatoms. The smallest absolute Gasteiger partial charge is 0.159 e. The third-order valence-electron chi connectivity index (χ3n) is 4.82. The van der Waals surface area contributed by atoms with Crippen molar-refractivity contribution in [1.29, 1.82) is 0 Å². The number of aromatic nitrogens is 3. The van der Waals surface area contributed by atoms with E-state index in [1.807, 2.05) is 0 Å². The van der Waals surface area contributed by atoms with E-state index in [0.29, 0.717) is 5.92 Å². The molecule has 0 unspecified atom stereocenters. The Hall–Kier alpha value is -0.900. The van der Waals surface area contributed by atoms with Gasteiger partial charge in [-0.05, 0) is 39.0 Å². The van der Waals surface area contributed by atoms with E-state index in [1.165, 1.54) is 32.1 Å². The van der Waals surface area contributed by atoms with Crippen LogP contribution in [0, 0.1) is 0 Å². The molecule has 1 aliphatic carbocycles. The van der Waals surface area contributed by atoms with Gasteiger partial charge in [-0.3, -0.25) is 0 Å². The summed E-state index contributed by atoms with van der Waals surface area (Å²) >= 11 is 0. The molecular formula is C16H27N3O. The van der Waals surface area contributed by atoms with Gasteiger partial charge in [0.25, 0.3) is 0 Å². The highest BCUT2D eigenvalue weighted by atomic mass is 16.5. The van der Waals surface area contributed by atoms with Crippen molar-refractivity contribution < 1.29 is 4.74 Å². The topological polar surface area (TPSA) is 39.9 Å². The first-order valence-corrected chi connectivity index (χ1v) is 8.32. The van der Waals surface area contributed by atoms with Crippen LogP contribution in [0.25, 0.3) is 0 Å². The first kappa shape index (κ1) is 14.1. The van der Waals surface area contributed by atoms with Crippen LogP contribution in [-0.4, -0.2) is 21.4 Å². The molecule has 1 aliphatic heterocycles. The minimum Gasteiger partial charge on any atom is -0.367 e. The molecule has 2 heterocycles. The first-order valence-electron chi connectivity index (χ1n) is 8.32. The fourth-order valence-corrected chi connectivity index (χ4v) is 3.53. The van der Waals surface area contributed by atoms with Crippen molar-refractivity contribution in [3.8, 4) is 0 Å². The molecule has 3 rings (SSSR count). The lowest BCUT2D eigenvalue weighted by Crippen LogP contribution is -2.26. The molecule has 0 amide bonds. The quantitative estimate of drug-likeness (QED) is 0.822. The van der Waals surface area contributed by atoms with E-state index in [2.05, 4.69) is 18.5 Å². The van der Waals surface area contributed by atoms with Crippen molar-refractivity contribution in [3.05, 3.63) is 11.6 Å². The molecule has 2 aliphatic rings. The summed E-state index contributed by atoms with van der Waals surface area (Å²) in [6.45, 7) is 6.24. The number of unbranched alkanes of at least 4 members (excludes halogenated alkanes) is 1. The maximum atomic E-state index is 6.00. The minimum atomic E-state index is -0.211. The van der Waals surface area contributed by atoms with E-state index in [1.54, 1.807) is 0 Å². The molecule has 4 nitrogen and oxygen atoms in total. The Kier molecular flexibility index (Phi) is 4.11. The van der Waals surface area contributed by atoms with Crippen LogP contribution in [0.4, 0.5) is 0 Å². The summed E-state index contributed by atoms with van der Waals surface area (Å²) in [4.78, 5) is 4.93. The molecule has 1 saturated carbocycles. The normalized spacial score (nSPS) is 27.5. The Morgan fingerprint density at radius 1 is 1.30 bits per heavy atom. The van der Waals surface area contributed by atoms with E-state index in [0.717, 1.165) is 44.1 Å². The lowest BCUT2D eigenvalue weighted by molar-refractivity contribution is 0.00551. The number of hydrogen-bond acceptors (Lipinski definition) is 3. The Morgan fingerprint density at radius 3 is 2.75 bits per heavy atom. The summed E-state index contributed by atoms with van der Waals surface area (Å²) in [6.07, 6.45) is 9.74. The van der Waals surface area contributed by atoms with E-state index < -0.39 is 0 Å². The summed E-state index contributed by atoms with van der Waals surface area (Å²) in [5.74, 6) is 2.73. The lowest BCUT2D eigenvalue weighted by Gasteiger charge is -2.22. The van der Waals surface area contributed by atoms with Gasteiger partial charge in [-0.25, -0.2) is 9.67 Å². The molecule has 0 aromatic carbocycles. The highest BCUT2D eigenvalue weighted by Crippen LogP contribution is 2.37. The molecule has 112 valence electrons. The highest BCUT2D eigenvalue weighted by molar-refractivity contribution is 5.09. The molecule has 0 N–H and O–H groups in total. The molecular weight excluding hydrogens is 250 g/mol. The molecule has 0 spiro atoms. The van der Waals surface area contributed by atoms with Crippen LogP contribution in [-0.2, 0) is 16.9 Å². The Morgan fingerprint density at radius 2 is 2.10 bits per heavy atom. The van der Waals surface area contributed by atoms with Gasteiger partial charge < -0.3 is 4.74 Å². The van der Waals surface area contributed by atoms with Crippen LogP contribution in [0.15, 0.2) is 0 Å². The van der Waals surface area contributed by atoms with Crippen molar-refractivity contribution in [2.24, 2.45) is 0 Å². The van der Waals surface area contributed by atoms with Crippen LogP contribution < -0.4 is 0 Å². The number of aryl methyl sites for hydroxylation is 1. The van der Waals surface area contributed by atoms with Gasteiger partial charge in [0.1, 0.15) is 5.60 Å². The summed E-state index contributed by atoms with van der Waals surface area (Å²) in [5.41, 5.74) is -0.211. The van der Waals surface area contributed by atoms with Crippen LogP contribution in [0.5, 0.6) is 0 Å². The summed E-state index contributed by atoms with van der Waals surface area (Å²) in [6, 6.07) is 0. The monoisotopic (exact) mass is 277 g/mol. The van der Waals surface area contributed by atoms with Crippen LogP contribution >= 0.6 is 0 Å². The fourth-order valence-electron chi connectivity index (χ4n) is 3.53. The zero-order chi connectivity index (χ0) is 14.0. The van der Waals surface area contributed by atoms with Crippen LogP contribution in [0.3, 0.4) is 0 Å². The summed E-state index contributed by atoms with van der Waals surface area (Å²) in [5, 5.41) is 4.85. The van der Waals surface area contributed by atoms with Crippen molar-refractivity contribution >= 4 is 0 Å². The van der Waals surface area contributed by atoms with E-state index >= 15 is 0 Å². The first-order chi connectivity index (χ1) is 9.73. The SMILES string of the molecule is CCCCn1nc(C2CCCC2)nc1[C@@]1(C)CCCO1. The van der Waals surface area contributed by atoms with Crippen molar-refractivity contribution in [2.75, 3.05) is 6.61 Å². The second kappa shape index (κ2) is 5.84. The van der Waals surface area contributed by atoms with Gasteiger partial charge in [-0.2, -0.15) is 5.10 Å². The molecule has 1 aromatic heterocycles. The van der Waals surface area contributed by atoms with Gasteiger partial charge >= 0.3 is 0 Å². The van der Waals surface area contributed by atoms with Gasteiger partial charge in [0.2, 0.25) is 0 Å². The zero-order valence-corrected chi connectivity index (χ0v) is 12.9. The molecule has 1 atom stereocenters. The van der Waals surface area contributed by atoms with Gasteiger partial charge in [0.05, 0.1) is 0 Å². The summed E-state index contributed by atoms with van der Waals surface area (Å²) in [7, 11) is 0. The van der Waals surface area contributed by atoms with Crippen LogP contribution in [0.1, 0.15) is 82.8 Å². The number of hydrogen-bond donors (Lipinski definition) is 0. The highest BCUT2D eigenvalue weighted by Gasteiger charge is 2.38. The van der Waals surface area contributed by atoms with E-state index in [-0.39, 0.29) is 5.60 Å². The Labute approximate surface area is 121 Å². The van der Waals surface area contributed by atoms with Gasteiger partial charge in [0.15, 0.2) is 11.6 Å². The van der Waals surface area contributed by atoms with Gasteiger partial charge in [-0.1, -0.05) is 26.2 Å². The molecule has 1 aromatic rings. The molecule has 0 bridgehead atoms. The van der Waals surface area contributed by atoms with Crippen LogP contribution in [0.2, 0.25) is 0 Å². The average molecular weight is 277 g/mol. The lowest BCUT2D eigenvalue weighted by atomic mass is 10.0. The Balaban J connectivity index is 1.88. The van der Waals surface area contributed by atoms with E-state index in [9.17, 15) is 0 Å². The molecule has 20 heavy (non-hydrogen) atoms. The predicted octanol–water partition coefficient (Wildman–Crippen LogP) is 3.76. The molecule has 2 fully saturated rings. The maximum absolute atomic E-state index is 6.00. The molecule has 1 saturated heterocycles. The number of rotatable bonds is 5. The predicted molar refractivity (Wildman–Crippen MR) is 78.7 cm³/mol. The third kappa shape index (κ3) is 2.62. The second-order valence-electron chi connectivity index (χ2n) is 6.53. The largest absolute Gasteiger partial charge is 0.367 e. The number of nitrogens with zero attached hydrogens (tertiary/aromatic N) is 3. The Bertz CT molecular complexity index is 443. The van der Waals surface area contributed by atoms with Gasteiger partial charge in [-0.15, -0.1) is 0 Å². The van der Waals surface area contributed by atoms with Gasteiger partial charge in [0, 0.05) is 19.1 Å². The van der Waals surface area contributed by atoms with Crippen molar-refractivity contribution in [1.82, 2.24) is 14.8 Å². The van der Waals surface area contributed by atoms with Crippen molar-refractivity contribution in [3.63, 3.8) is 0 Å². The molecule has 0 radical (unpaired) electrons. The fraction of sp³-hybridized carbons (Fsp3) is 0.875. The number of ether oxygens (including phenoxy) is 1. The zero-order valence-electron chi connectivity index (χ0n) is 12.9. The standard InChI is InChI=1S/C16H27N3O/c1-3-4-11-19-15(16(2)10-7-12-20-16)17-14(18-19)13-8-5-6-9-13/h13H,3-12H2,1-2H3/t16-/m1/s1. The van der Waals surface area contributed by atoms with E-state index in [4.69, 9.17) is 14.8 Å². The maximum Gasteiger partial charge on any atom is 0.159 e. The minimum absolute atomic E-state index is 0.211. The third-order valence-corrected chi connectivity index (χ3v) is 4.82. The second-order valence-corrected chi connectivity index (χ2v) is 6.53. The summed E-state index contributed by atoms with van der Waals surface area (Å²) < 4.78 is 8.14. The van der Waals surface area contributed by atoms with Crippen molar-refractivity contribution in [2.45, 2.75) is 83.3 Å². The average Bonchev–Trinajstić information content (AvgIpc) is 3.16.